The molecule has 1 aliphatic carbocycles. The Kier molecular flexibility index (Phi) is 3.90. The summed E-state index contributed by atoms with van der Waals surface area (Å²) in [6.45, 7) is 6.69. The highest BCUT2D eigenvalue weighted by atomic mass is 16.5. The number of carbonyl (C=O) groups excluding carboxylic acids is 1. The van der Waals surface area contributed by atoms with Gasteiger partial charge in [0.05, 0.1) is 6.61 Å². The van der Waals surface area contributed by atoms with Gasteiger partial charge in [0.2, 0.25) is 0 Å². The molecule has 0 atom stereocenters. The monoisotopic (exact) mass is 247 g/mol. The molecule has 0 saturated heterocycles. The zero-order valence-electron chi connectivity index (χ0n) is 11.3. The lowest BCUT2D eigenvalue weighted by Crippen LogP contribution is -2.30. The summed E-state index contributed by atoms with van der Waals surface area (Å²) in [5.74, 6) is 1.51. The Morgan fingerprint density at radius 2 is 2.17 bits per heavy atom. The van der Waals surface area contributed by atoms with Gasteiger partial charge in [-0.1, -0.05) is 6.07 Å². The summed E-state index contributed by atoms with van der Waals surface area (Å²) < 4.78 is 5.78. The van der Waals surface area contributed by atoms with Crippen molar-refractivity contribution in [1.82, 2.24) is 5.32 Å². The largest absolute Gasteiger partial charge is 0.493 e. The van der Waals surface area contributed by atoms with Crippen LogP contribution in [-0.2, 0) is 0 Å². The molecule has 0 heterocycles. The highest BCUT2D eigenvalue weighted by molar-refractivity contribution is 5.94. The van der Waals surface area contributed by atoms with Gasteiger partial charge in [0.25, 0.3) is 5.91 Å². The van der Waals surface area contributed by atoms with Crippen molar-refractivity contribution in [2.45, 2.75) is 39.7 Å². The fraction of sp³-hybridized carbons (Fsp3) is 0.533. The first-order valence-corrected chi connectivity index (χ1v) is 6.60. The number of aryl methyl sites for hydroxylation is 1. The summed E-state index contributed by atoms with van der Waals surface area (Å²) in [6, 6.07) is 5.78. The SMILES string of the molecule is Cc1ccc(C(=O)NC(C)C)cc1OCC1CC1. The van der Waals surface area contributed by atoms with E-state index in [9.17, 15) is 4.79 Å². The molecule has 0 unspecified atom stereocenters. The molecular weight excluding hydrogens is 226 g/mol. The van der Waals surface area contributed by atoms with Gasteiger partial charge >= 0.3 is 0 Å². The van der Waals surface area contributed by atoms with Crippen LogP contribution in [0.5, 0.6) is 5.75 Å². The number of rotatable bonds is 5. The Bertz CT molecular complexity index is 436. The van der Waals surface area contributed by atoms with Gasteiger partial charge in [-0.05, 0) is 57.2 Å². The maximum Gasteiger partial charge on any atom is 0.251 e. The van der Waals surface area contributed by atoms with E-state index in [-0.39, 0.29) is 11.9 Å². The highest BCUT2D eigenvalue weighted by Crippen LogP contribution is 2.30. The van der Waals surface area contributed by atoms with Crippen molar-refractivity contribution in [2.24, 2.45) is 5.92 Å². The zero-order chi connectivity index (χ0) is 13.1. The molecular formula is C15H21NO2. The molecule has 2 rings (SSSR count). The average molecular weight is 247 g/mol. The number of hydrogen-bond acceptors (Lipinski definition) is 2. The van der Waals surface area contributed by atoms with Gasteiger partial charge in [-0.15, -0.1) is 0 Å². The molecule has 1 N–H and O–H groups in total. The molecule has 0 radical (unpaired) electrons. The van der Waals surface area contributed by atoms with Gasteiger partial charge < -0.3 is 10.1 Å². The van der Waals surface area contributed by atoms with Crippen LogP contribution in [-0.4, -0.2) is 18.6 Å². The summed E-state index contributed by atoms with van der Waals surface area (Å²) in [5, 5.41) is 2.89. The fourth-order valence-electron chi connectivity index (χ4n) is 1.73. The van der Waals surface area contributed by atoms with Gasteiger partial charge in [0.1, 0.15) is 5.75 Å². The number of hydrogen-bond donors (Lipinski definition) is 1. The third-order valence-corrected chi connectivity index (χ3v) is 3.04. The summed E-state index contributed by atoms with van der Waals surface area (Å²) in [4.78, 5) is 11.9. The second-order valence-corrected chi connectivity index (χ2v) is 5.36. The topological polar surface area (TPSA) is 38.3 Å². The van der Waals surface area contributed by atoms with Gasteiger partial charge in [-0.3, -0.25) is 4.79 Å². The second-order valence-electron chi connectivity index (χ2n) is 5.36. The Balaban J connectivity index is 2.06. The van der Waals surface area contributed by atoms with Crippen LogP contribution >= 0.6 is 0 Å². The van der Waals surface area contributed by atoms with Crippen LogP contribution < -0.4 is 10.1 Å². The molecule has 18 heavy (non-hydrogen) atoms. The molecule has 3 nitrogen and oxygen atoms in total. The van der Waals surface area contributed by atoms with Crippen LogP contribution in [0.25, 0.3) is 0 Å². The van der Waals surface area contributed by atoms with Crippen LogP contribution in [0.15, 0.2) is 18.2 Å². The third kappa shape index (κ3) is 3.49. The summed E-state index contributed by atoms with van der Waals surface area (Å²) in [6.07, 6.45) is 2.54. The molecule has 0 spiro atoms. The lowest BCUT2D eigenvalue weighted by Gasteiger charge is -2.12. The number of nitrogens with one attached hydrogen (secondary N) is 1. The van der Waals surface area contributed by atoms with Gasteiger partial charge in [0.15, 0.2) is 0 Å². The lowest BCUT2D eigenvalue weighted by molar-refractivity contribution is 0.0942. The summed E-state index contributed by atoms with van der Waals surface area (Å²) in [5.41, 5.74) is 1.75. The van der Waals surface area contributed by atoms with E-state index in [2.05, 4.69) is 5.32 Å². The minimum absolute atomic E-state index is 0.0405. The molecule has 3 heteroatoms. The van der Waals surface area contributed by atoms with Crippen LogP contribution in [0.1, 0.15) is 42.6 Å². The Morgan fingerprint density at radius 3 is 2.78 bits per heavy atom. The van der Waals surface area contributed by atoms with Crippen LogP contribution in [0.2, 0.25) is 0 Å². The smallest absolute Gasteiger partial charge is 0.251 e. The summed E-state index contributed by atoms with van der Waals surface area (Å²) >= 11 is 0. The Labute approximate surface area is 109 Å². The van der Waals surface area contributed by atoms with Gasteiger partial charge in [0, 0.05) is 11.6 Å². The maximum absolute atomic E-state index is 11.9. The van der Waals surface area contributed by atoms with E-state index in [1.807, 2.05) is 39.0 Å². The number of carbonyl (C=O) groups is 1. The van der Waals surface area contributed by atoms with Crippen molar-refractivity contribution < 1.29 is 9.53 Å². The molecule has 1 saturated carbocycles. The van der Waals surface area contributed by atoms with Crippen LogP contribution in [0, 0.1) is 12.8 Å². The molecule has 1 aromatic rings. The Morgan fingerprint density at radius 1 is 1.44 bits per heavy atom. The molecule has 0 bridgehead atoms. The quantitative estimate of drug-likeness (QED) is 0.868. The first-order valence-electron chi connectivity index (χ1n) is 6.60. The fourth-order valence-corrected chi connectivity index (χ4v) is 1.73. The maximum atomic E-state index is 11.9. The van der Waals surface area contributed by atoms with Crippen LogP contribution in [0.3, 0.4) is 0 Å². The standard InChI is InChI=1S/C15H21NO2/c1-10(2)16-15(17)13-7-4-11(3)14(8-13)18-9-12-5-6-12/h4,7-8,10,12H,5-6,9H2,1-3H3,(H,16,17). The Hall–Kier alpha value is -1.51. The predicted octanol–water partition coefficient (Wildman–Crippen LogP) is 2.92. The normalized spacial score (nSPS) is 14.7. The van der Waals surface area contributed by atoms with E-state index in [1.165, 1.54) is 12.8 Å². The molecule has 0 aromatic heterocycles. The predicted molar refractivity (Wildman–Crippen MR) is 72.0 cm³/mol. The van der Waals surface area contributed by atoms with E-state index in [1.54, 1.807) is 0 Å². The molecule has 1 aromatic carbocycles. The van der Waals surface area contributed by atoms with Crippen molar-refractivity contribution in [3.63, 3.8) is 0 Å². The minimum Gasteiger partial charge on any atom is -0.493 e. The first-order chi connectivity index (χ1) is 8.56. The number of benzene rings is 1. The third-order valence-electron chi connectivity index (χ3n) is 3.04. The van der Waals surface area contributed by atoms with Gasteiger partial charge in [-0.2, -0.15) is 0 Å². The number of amides is 1. The van der Waals surface area contributed by atoms with E-state index in [0.717, 1.165) is 23.8 Å². The average Bonchev–Trinajstić information content (AvgIpc) is 3.10. The molecule has 1 aliphatic rings. The molecule has 1 fully saturated rings. The van der Waals surface area contributed by atoms with Crippen molar-refractivity contribution in [3.8, 4) is 5.75 Å². The van der Waals surface area contributed by atoms with Crippen LogP contribution in [0.4, 0.5) is 0 Å². The highest BCUT2D eigenvalue weighted by Gasteiger charge is 2.22. The van der Waals surface area contributed by atoms with E-state index in [4.69, 9.17) is 4.74 Å². The van der Waals surface area contributed by atoms with Crippen molar-refractivity contribution in [2.75, 3.05) is 6.61 Å². The van der Waals surface area contributed by atoms with Crippen molar-refractivity contribution >= 4 is 5.91 Å². The molecule has 98 valence electrons. The lowest BCUT2D eigenvalue weighted by atomic mass is 10.1. The van der Waals surface area contributed by atoms with E-state index < -0.39 is 0 Å². The van der Waals surface area contributed by atoms with Crippen molar-refractivity contribution in [1.29, 1.82) is 0 Å². The number of ether oxygens (including phenoxy) is 1. The molecule has 1 amide bonds. The second kappa shape index (κ2) is 5.42. The summed E-state index contributed by atoms with van der Waals surface area (Å²) in [7, 11) is 0. The minimum atomic E-state index is -0.0405. The van der Waals surface area contributed by atoms with E-state index >= 15 is 0 Å². The van der Waals surface area contributed by atoms with E-state index in [0.29, 0.717) is 5.56 Å². The van der Waals surface area contributed by atoms with Gasteiger partial charge in [-0.25, -0.2) is 0 Å². The molecule has 0 aliphatic heterocycles. The zero-order valence-corrected chi connectivity index (χ0v) is 11.3. The van der Waals surface area contributed by atoms with Crippen molar-refractivity contribution in [3.05, 3.63) is 29.3 Å². The first kappa shape index (κ1) is 12.9.